The zero-order chi connectivity index (χ0) is 15.4. The minimum absolute atomic E-state index is 0.00214. The van der Waals surface area contributed by atoms with Crippen LogP contribution < -0.4 is 5.32 Å². The Hall–Kier alpha value is -2.70. The van der Waals surface area contributed by atoms with E-state index in [1.807, 2.05) is 6.07 Å². The molecule has 1 aromatic carbocycles. The van der Waals surface area contributed by atoms with Crippen molar-refractivity contribution in [2.45, 2.75) is 0 Å². The lowest BCUT2D eigenvalue weighted by molar-refractivity contribution is -0.383. The molecule has 0 amide bonds. The van der Waals surface area contributed by atoms with Crippen LogP contribution in [0.5, 0.6) is 0 Å². The van der Waals surface area contributed by atoms with Crippen LogP contribution in [0.2, 0.25) is 10.0 Å². The largest absolute Gasteiger partial charge is 0.353 e. The number of rotatable bonds is 4. The first-order valence-electron chi connectivity index (χ1n) is 5.27. The van der Waals surface area contributed by atoms with E-state index in [0.29, 0.717) is 0 Å². The first-order valence-corrected chi connectivity index (χ1v) is 6.02. The van der Waals surface area contributed by atoms with E-state index in [9.17, 15) is 10.1 Å². The normalized spacial score (nSPS) is 11.0. The highest BCUT2D eigenvalue weighted by Crippen LogP contribution is 2.35. The van der Waals surface area contributed by atoms with E-state index in [2.05, 4.69) is 25.9 Å². The van der Waals surface area contributed by atoms with E-state index in [1.165, 1.54) is 12.3 Å². The maximum atomic E-state index is 11.0. The van der Waals surface area contributed by atoms with Crippen molar-refractivity contribution < 1.29 is 4.92 Å². The van der Waals surface area contributed by atoms with Crippen molar-refractivity contribution in [3.8, 4) is 6.07 Å². The maximum Gasteiger partial charge on any atom is 0.295 e. The van der Waals surface area contributed by atoms with Gasteiger partial charge in [0.15, 0.2) is 0 Å². The standard InChI is InChI=1S/C10H5Cl2N7O2/c11-6-1-7(12)9(8(2-6)19(20)21)14-4-5(3-13)10-15-17-18-16-10/h1-2,4,14H,(H,15,16,17,18). The van der Waals surface area contributed by atoms with Gasteiger partial charge in [-0.25, -0.2) is 0 Å². The summed E-state index contributed by atoms with van der Waals surface area (Å²) < 4.78 is 0. The molecular weight excluding hydrogens is 321 g/mol. The van der Waals surface area contributed by atoms with Crippen LogP contribution in [-0.2, 0) is 0 Å². The summed E-state index contributed by atoms with van der Waals surface area (Å²) in [4.78, 5) is 10.3. The van der Waals surface area contributed by atoms with Gasteiger partial charge in [-0.3, -0.25) is 10.1 Å². The van der Waals surface area contributed by atoms with E-state index in [-0.39, 0.29) is 32.8 Å². The van der Waals surface area contributed by atoms with Gasteiger partial charge in [-0.15, -0.1) is 10.2 Å². The van der Waals surface area contributed by atoms with Crippen molar-refractivity contribution in [1.82, 2.24) is 20.6 Å². The number of nitro benzene ring substituents is 1. The molecule has 0 fully saturated rings. The van der Waals surface area contributed by atoms with Crippen LogP contribution in [0.15, 0.2) is 18.3 Å². The molecule has 0 saturated heterocycles. The summed E-state index contributed by atoms with van der Waals surface area (Å²) in [5.74, 6) is 0.0396. The summed E-state index contributed by atoms with van der Waals surface area (Å²) in [6.45, 7) is 0. The van der Waals surface area contributed by atoms with E-state index in [4.69, 9.17) is 28.5 Å². The quantitative estimate of drug-likeness (QED) is 0.500. The van der Waals surface area contributed by atoms with Crippen LogP contribution in [-0.4, -0.2) is 25.5 Å². The van der Waals surface area contributed by atoms with E-state index >= 15 is 0 Å². The number of nitriles is 1. The molecule has 2 rings (SSSR count). The van der Waals surface area contributed by atoms with Crippen LogP contribution in [0, 0.1) is 21.4 Å². The van der Waals surface area contributed by atoms with Crippen molar-refractivity contribution in [3.63, 3.8) is 0 Å². The summed E-state index contributed by atoms with van der Waals surface area (Å²) in [5, 5.41) is 35.5. The van der Waals surface area contributed by atoms with Gasteiger partial charge in [0.2, 0.25) is 5.82 Å². The molecule has 0 spiro atoms. The third kappa shape index (κ3) is 3.25. The monoisotopic (exact) mass is 325 g/mol. The molecule has 1 aromatic heterocycles. The predicted octanol–water partition coefficient (Wildman–Crippen LogP) is 2.39. The Morgan fingerprint density at radius 2 is 2.29 bits per heavy atom. The van der Waals surface area contributed by atoms with Crippen LogP contribution >= 0.6 is 23.2 Å². The van der Waals surface area contributed by atoms with Crippen LogP contribution in [0.4, 0.5) is 11.4 Å². The highest BCUT2D eigenvalue weighted by molar-refractivity contribution is 6.37. The van der Waals surface area contributed by atoms with Crippen LogP contribution in [0.1, 0.15) is 5.82 Å². The topological polar surface area (TPSA) is 133 Å². The van der Waals surface area contributed by atoms with Gasteiger partial charge in [-0.1, -0.05) is 23.2 Å². The summed E-state index contributed by atoms with van der Waals surface area (Å²) in [7, 11) is 0. The summed E-state index contributed by atoms with van der Waals surface area (Å²) in [6.07, 6.45) is 1.19. The van der Waals surface area contributed by atoms with E-state index < -0.39 is 4.92 Å². The molecule has 21 heavy (non-hydrogen) atoms. The van der Waals surface area contributed by atoms with Crippen molar-refractivity contribution in [2.75, 3.05) is 5.32 Å². The lowest BCUT2D eigenvalue weighted by Crippen LogP contribution is -1.99. The fraction of sp³-hybridized carbons (Fsp3) is 0. The van der Waals surface area contributed by atoms with Gasteiger partial charge in [0.1, 0.15) is 17.3 Å². The average molecular weight is 326 g/mol. The molecule has 0 saturated carbocycles. The smallest absolute Gasteiger partial charge is 0.295 e. The number of nitro groups is 1. The molecule has 1 heterocycles. The Morgan fingerprint density at radius 3 is 2.86 bits per heavy atom. The fourth-order valence-electron chi connectivity index (χ4n) is 1.41. The number of benzene rings is 1. The lowest BCUT2D eigenvalue weighted by atomic mass is 10.2. The van der Waals surface area contributed by atoms with E-state index in [0.717, 1.165) is 6.07 Å². The zero-order valence-corrected chi connectivity index (χ0v) is 11.6. The second-order valence-electron chi connectivity index (χ2n) is 3.59. The number of anilines is 1. The molecule has 9 nitrogen and oxygen atoms in total. The van der Waals surface area contributed by atoms with Crippen LogP contribution in [0.25, 0.3) is 5.57 Å². The van der Waals surface area contributed by atoms with Gasteiger partial charge in [-0.2, -0.15) is 10.5 Å². The first kappa shape index (κ1) is 14.7. The Morgan fingerprint density at radius 1 is 1.52 bits per heavy atom. The summed E-state index contributed by atoms with van der Waals surface area (Å²) in [6, 6.07) is 4.31. The second kappa shape index (κ2) is 6.17. The molecule has 0 aliphatic rings. The SMILES string of the molecule is N#CC(=CNc1c(Cl)cc(Cl)cc1[N+](=O)[O-])c1nn[nH]n1. The Kier molecular flexibility index (Phi) is 4.32. The van der Waals surface area contributed by atoms with Gasteiger partial charge in [0, 0.05) is 17.3 Å². The molecule has 0 aliphatic carbocycles. The lowest BCUT2D eigenvalue weighted by Gasteiger charge is -2.06. The molecule has 106 valence electrons. The second-order valence-corrected chi connectivity index (χ2v) is 4.43. The molecule has 0 bridgehead atoms. The number of H-pyrrole nitrogens is 1. The number of aromatic amines is 1. The fourth-order valence-corrected chi connectivity index (χ4v) is 1.95. The minimum Gasteiger partial charge on any atom is -0.353 e. The van der Waals surface area contributed by atoms with Gasteiger partial charge in [0.05, 0.1) is 9.95 Å². The van der Waals surface area contributed by atoms with Crippen molar-refractivity contribution in [3.05, 3.63) is 44.3 Å². The highest BCUT2D eigenvalue weighted by Gasteiger charge is 2.18. The number of hydrogen-bond acceptors (Lipinski definition) is 7. The van der Waals surface area contributed by atoms with Crippen LogP contribution in [0.3, 0.4) is 0 Å². The van der Waals surface area contributed by atoms with Gasteiger partial charge in [-0.05, 0) is 11.3 Å². The minimum atomic E-state index is -0.645. The number of tetrazole rings is 1. The van der Waals surface area contributed by atoms with Crippen molar-refractivity contribution in [1.29, 1.82) is 5.26 Å². The third-order valence-electron chi connectivity index (χ3n) is 2.30. The van der Waals surface area contributed by atoms with Gasteiger partial charge >= 0.3 is 0 Å². The molecule has 2 aromatic rings. The average Bonchev–Trinajstić information content (AvgIpc) is 2.94. The highest BCUT2D eigenvalue weighted by atomic mass is 35.5. The zero-order valence-electron chi connectivity index (χ0n) is 10.0. The number of halogens is 2. The summed E-state index contributed by atoms with van der Waals surface area (Å²) in [5.41, 5.74) is -0.305. The maximum absolute atomic E-state index is 11.0. The number of aromatic nitrogens is 4. The van der Waals surface area contributed by atoms with Gasteiger partial charge in [0.25, 0.3) is 5.69 Å². The third-order valence-corrected chi connectivity index (χ3v) is 2.81. The van der Waals surface area contributed by atoms with Crippen molar-refractivity contribution in [2.24, 2.45) is 0 Å². The molecule has 2 N–H and O–H groups in total. The number of allylic oxidation sites excluding steroid dienone is 1. The molecule has 0 aliphatic heterocycles. The van der Waals surface area contributed by atoms with Gasteiger partial charge < -0.3 is 5.32 Å². The number of nitrogens with zero attached hydrogens (tertiary/aromatic N) is 5. The van der Waals surface area contributed by atoms with Crippen molar-refractivity contribution >= 4 is 40.1 Å². The number of nitrogens with one attached hydrogen (secondary N) is 2. The Bertz CT molecular complexity index is 752. The summed E-state index contributed by atoms with van der Waals surface area (Å²) >= 11 is 11.6. The van der Waals surface area contributed by atoms with E-state index in [1.54, 1.807) is 0 Å². The Labute approximate surface area is 127 Å². The number of hydrogen-bond donors (Lipinski definition) is 2. The Balaban J connectivity index is 2.40. The first-order chi connectivity index (χ1) is 10.0. The molecule has 0 unspecified atom stereocenters. The molecule has 11 heteroatoms. The predicted molar refractivity (Wildman–Crippen MR) is 74.5 cm³/mol. The molecule has 0 atom stereocenters. The molecular formula is C10H5Cl2N7O2. The molecule has 0 radical (unpaired) electrons.